The van der Waals surface area contributed by atoms with Gasteiger partial charge in [0.2, 0.25) is 11.8 Å². The maximum absolute atomic E-state index is 12.5. The number of oxazole rings is 1. The Bertz CT molecular complexity index is 707. The second-order valence-electron chi connectivity index (χ2n) is 6.50. The highest BCUT2D eigenvalue weighted by Crippen LogP contribution is 2.23. The molecule has 1 aromatic carbocycles. The number of amides is 2. The SMILES string of the molecule is CC1CCC(C(N)=O)CN1C(=O)CCCc1nc2ccccc2o1. The molecule has 1 saturated heterocycles. The molecule has 2 aromatic rings. The van der Waals surface area contributed by atoms with Crippen LogP contribution in [0.4, 0.5) is 0 Å². The number of carbonyl (C=O) groups excluding carboxylic acids is 2. The molecule has 3 rings (SSSR count). The van der Waals surface area contributed by atoms with Crippen LogP contribution in [0.25, 0.3) is 11.1 Å². The molecule has 1 aliphatic rings. The van der Waals surface area contributed by atoms with Gasteiger partial charge in [-0.25, -0.2) is 4.98 Å². The summed E-state index contributed by atoms with van der Waals surface area (Å²) in [5, 5.41) is 0. The van der Waals surface area contributed by atoms with E-state index in [0.29, 0.717) is 31.7 Å². The van der Waals surface area contributed by atoms with Crippen LogP contribution in [0, 0.1) is 5.92 Å². The van der Waals surface area contributed by atoms with Crippen LogP contribution in [0.3, 0.4) is 0 Å². The van der Waals surface area contributed by atoms with E-state index in [4.69, 9.17) is 10.2 Å². The van der Waals surface area contributed by atoms with E-state index in [9.17, 15) is 9.59 Å². The minimum atomic E-state index is -0.314. The predicted molar refractivity (Wildman–Crippen MR) is 90.0 cm³/mol. The molecule has 2 atom stereocenters. The molecule has 6 nitrogen and oxygen atoms in total. The number of nitrogens with zero attached hydrogens (tertiary/aromatic N) is 2. The molecule has 2 N–H and O–H groups in total. The highest BCUT2D eigenvalue weighted by Gasteiger charge is 2.31. The molecule has 2 heterocycles. The zero-order valence-corrected chi connectivity index (χ0v) is 13.9. The number of aryl methyl sites for hydroxylation is 1. The summed E-state index contributed by atoms with van der Waals surface area (Å²) in [4.78, 5) is 30.1. The first-order valence-corrected chi connectivity index (χ1v) is 8.48. The lowest BCUT2D eigenvalue weighted by molar-refractivity contribution is -0.137. The summed E-state index contributed by atoms with van der Waals surface area (Å²) in [5.41, 5.74) is 7.00. The first-order chi connectivity index (χ1) is 11.5. The summed E-state index contributed by atoms with van der Waals surface area (Å²) in [6, 6.07) is 7.79. The molecule has 0 saturated carbocycles. The van der Waals surface area contributed by atoms with Crippen molar-refractivity contribution >= 4 is 22.9 Å². The Labute approximate surface area is 141 Å². The number of para-hydroxylation sites is 2. The van der Waals surface area contributed by atoms with Crippen LogP contribution in [-0.2, 0) is 16.0 Å². The quantitative estimate of drug-likeness (QED) is 0.911. The molecule has 1 aromatic heterocycles. The fourth-order valence-corrected chi connectivity index (χ4v) is 3.25. The summed E-state index contributed by atoms with van der Waals surface area (Å²) in [6.45, 7) is 2.47. The van der Waals surface area contributed by atoms with Crippen LogP contribution >= 0.6 is 0 Å². The lowest BCUT2D eigenvalue weighted by Crippen LogP contribution is -2.48. The summed E-state index contributed by atoms with van der Waals surface area (Å²) in [7, 11) is 0. The normalized spacial score (nSPS) is 21.1. The Morgan fingerprint density at radius 2 is 2.12 bits per heavy atom. The van der Waals surface area contributed by atoms with Crippen LogP contribution in [0.2, 0.25) is 0 Å². The molecule has 0 aliphatic carbocycles. The summed E-state index contributed by atoms with van der Waals surface area (Å²) in [6.07, 6.45) is 3.32. The number of hydrogen-bond acceptors (Lipinski definition) is 4. The number of nitrogens with two attached hydrogens (primary N) is 1. The highest BCUT2D eigenvalue weighted by atomic mass is 16.3. The Kier molecular flexibility index (Phi) is 4.83. The Morgan fingerprint density at radius 3 is 2.88 bits per heavy atom. The molecule has 6 heteroatoms. The number of likely N-dealkylation sites (tertiary alicyclic amines) is 1. The smallest absolute Gasteiger partial charge is 0.222 e. The number of fused-ring (bicyclic) bond motifs is 1. The van der Waals surface area contributed by atoms with E-state index in [1.807, 2.05) is 31.2 Å². The lowest BCUT2D eigenvalue weighted by Gasteiger charge is -2.37. The van der Waals surface area contributed by atoms with Gasteiger partial charge in [-0.2, -0.15) is 0 Å². The van der Waals surface area contributed by atoms with Gasteiger partial charge in [0.1, 0.15) is 5.52 Å². The molecule has 24 heavy (non-hydrogen) atoms. The minimum Gasteiger partial charge on any atom is -0.441 e. The number of hydrogen-bond donors (Lipinski definition) is 1. The van der Waals surface area contributed by atoms with Gasteiger partial charge < -0.3 is 15.1 Å². The van der Waals surface area contributed by atoms with Gasteiger partial charge in [0, 0.05) is 25.4 Å². The van der Waals surface area contributed by atoms with Gasteiger partial charge in [0.25, 0.3) is 0 Å². The molecule has 2 amide bonds. The van der Waals surface area contributed by atoms with Crippen molar-refractivity contribution in [2.24, 2.45) is 11.7 Å². The molecular weight excluding hydrogens is 306 g/mol. The number of carbonyl (C=O) groups is 2. The second kappa shape index (κ2) is 7.03. The van der Waals surface area contributed by atoms with Crippen molar-refractivity contribution in [3.05, 3.63) is 30.2 Å². The van der Waals surface area contributed by atoms with Crippen LogP contribution < -0.4 is 5.73 Å². The van der Waals surface area contributed by atoms with Crippen molar-refractivity contribution in [3.8, 4) is 0 Å². The van der Waals surface area contributed by atoms with Crippen molar-refractivity contribution in [3.63, 3.8) is 0 Å². The van der Waals surface area contributed by atoms with E-state index in [1.54, 1.807) is 4.90 Å². The Hall–Kier alpha value is -2.37. The fraction of sp³-hybridized carbons (Fsp3) is 0.500. The highest BCUT2D eigenvalue weighted by molar-refractivity contribution is 5.80. The minimum absolute atomic E-state index is 0.0737. The van der Waals surface area contributed by atoms with Crippen molar-refractivity contribution in [2.75, 3.05) is 6.54 Å². The third-order valence-corrected chi connectivity index (χ3v) is 4.72. The van der Waals surface area contributed by atoms with Gasteiger partial charge >= 0.3 is 0 Å². The molecule has 1 aliphatic heterocycles. The van der Waals surface area contributed by atoms with Crippen molar-refractivity contribution in [1.82, 2.24) is 9.88 Å². The molecular formula is C18H23N3O3. The van der Waals surface area contributed by atoms with Gasteiger partial charge in [0.05, 0.1) is 5.92 Å². The number of piperidine rings is 1. The van der Waals surface area contributed by atoms with Crippen molar-refractivity contribution in [1.29, 1.82) is 0 Å². The first-order valence-electron chi connectivity index (χ1n) is 8.48. The number of benzene rings is 1. The number of aromatic nitrogens is 1. The zero-order valence-electron chi connectivity index (χ0n) is 13.9. The third kappa shape index (κ3) is 3.58. The maximum atomic E-state index is 12.5. The van der Waals surface area contributed by atoms with Gasteiger partial charge in [-0.15, -0.1) is 0 Å². The van der Waals surface area contributed by atoms with Crippen LogP contribution in [0.1, 0.15) is 38.5 Å². The van der Waals surface area contributed by atoms with Gasteiger partial charge in [0.15, 0.2) is 11.5 Å². The van der Waals surface area contributed by atoms with Crippen LogP contribution in [0.5, 0.6) is 0 Å². The third-order valence-electron chi connectivity index (χ3n) is 4.72. The Morgan fingerprint density at radius 1 is 1.33 bits per heavy atom. The van der Waals surface area contributed by atoms with Crippen LogP contribution in [0.15, 0.2) is 28.7 Å². The molecule has 128 valence electrons. The van der Waals surface area contributed by atoms with E-state index in [0.717, 1.165) is 23.9 Å². The summed E-state index contributed by atoms with van der Waals surface area (Å²) < 4.78 is 5.67. The van der Waals surface area contributed by atoms with E-state index >= 15 is 0 Å². The standard InChI is InChI=1S/C18H23N3O3/c1-12-9-10-13(18(19)23)11-21(12)17(22)8-4-7-16-20-14-5-2-3-6-15(14)24-16/h2-3,5-6,12-13H,4,7-11H2,1H3,(H2,19,23). The molecule has 0 spiro atoms. The number of rotatable bonds is 5. The van der Waals surface area contributed by atoms with Gasteiger partial charge in [-0.3, -0.25) is 9.59 Å². The predicted octanol–water partition coefficient (Wildman–Crippen LogP) is 2.26. The Balaban J connectivity index is 1.53. The van der Waals surface area contributed by atoms with E-state index in [2.05, 4.69) is 4.98 Å². The van der Waals surface area contributed by atoms with Crippen molar-refractivity contribution < 1.29 is 14.0 Å². The average Bonchev–Trinajstić information content (AvgIpc) is 2.97. The van der Waals surface area contributed by atoms with E-state index in [-0.39, 0.29) is 23.8 Å². The largest absolute Gasteiger partial charge is 0.441 e. The second-order valence-corrected chi connectivity index (χ2v) is 6.50. The average molecular weight is 329 g/mol. The lowest BCUT2D eigenvalue weighted by atomic mass is 9.92. The van der Waals surface area contributed by atoms with Gasteiger partial charge in [-0.05, 0) is 38.3 Å². The monoisotopic (exact) mass is 329 g/mol. The fourth-order valence-electron chi connectivity index (χ4n) is 3.25. The van der Waals surface area contributed by atoms with Gasteiger partial charge in [-0.1, -0.05) is 12.1 Å². The molecule has 2 unspecified atom stereocenters. The van der Waals surface area contributed by atoms with Crippen molar-refractivity contribution in [2.45, 2.75) is 45.1 Å². The topological polar surface area (TPSA) is 89.4 Å². The van der Waals surface area contributed by atoms with E-state index in [1.165, 1.54) is 0 Å². The number of primary amides is 1. The van der Waals surface area contributed by atoms with Crippen LogP contribution in [-0.4, -0.2) is 34.3 Å². The first kappa shape index (κ1) is 16.5. The molecule has 0 bridgehead atoms. The zero-order chi connectivity index (χ0) is 17.1. The summed E-state index contributed by atoms with van der Waals surface area (Å²) in [5.74, 6) is 0.198. The summed E-state index contributed by atoms with van der Waals surface area (Å²) >= 11 is 0. The maximum Gasteiger partial charge on any atom is 0.222 e. The van der Waals surface area contributed by atoms with E-state index < -0.39 is 0 Å². The molecule has 0 radical (unpaired) electrons. The molecule has 1 fully saturated rings.